The van der Waals surface area contributed by atoms with Crippen LogP contribution in [-0.2, 0) is 0 Å². The van der Waals surface area contributed by atoms with Crippen LogP contribution in [0.4, 0.5) is 4.39 Å². The number of carbonyl (C=O) groups is 1. The first-order valence-corrected chi connectivity index (χ1v) is 6.71. The fraction of sp³-hybridized carbons (Fsp3) is 0.312. The molecule has 0 radical (unpaired) electrons. The van der Waals surface area contributed by atoms with Gasteiger partial charge in [0.2, 0.25) is 0 Å². The lowest BCUT2D eigenvalue weighted by Crippen LogP contribution is -2.06. The van der Waals surface area contributed by atoms with E-state index in [9.17, 15) is 9.18 Å². The topological polar surface area (TPSA) is 42.2 Å². The highest BCUT2D eigenvalue weighted by Gasteiger charge is 2.28. The maximum Gasteiger partial charge on any atom is 0.337 e. The number of aromatic carboxylic acids is 1. The third kappa shape index (κ3) is 1.92. The van der Waals surface area contributed by atoms with E-state index in [2.05, 4.69) is 0 Å². The average molecular weight is 273 g/mol. The molecule has 4 heteroatoms. The van der Waals surface area contributed by atoms with Crippen LogP contribution in [0, 0.1) is 19.7 Å². The first kappa shape index (κ1) is 12.9. The van der Waals surface area contributed by atoms with Crippen LogP contribution < -0.4 is 0 Å². The molecule has 0 bridgehead atoms. The number of nitrogens with zero attached hydrogens (tertiary/aromatic N) is 1. The van der Waals surface area contributed by atoms with Gasteiger partial charge in [-0.25, -0.2) is 9.18 Å². The first-order chi connectivity index (χ1) is 9.50. The van der Waals surface area contributed by atoms with Gasteiger partial charge in [0.25, 0.3) is 0 Å². The van der Waals surface area contributed by atoms with E-state index in [1.54, 1.807) is 30.5 Å². The van der Waals surface area contributed by atoms with Gasteiger partial charge >= 0.3 is 5.97 Å². The normalized spacial score (nSPS) is 14.6. The van der Waals surface area contributed by atoms with Crippen LogP contribution in [-0.4, -0.2) is 15.6 Å². The molecule has 0 amide bonds. The minimum Gasteiger partial charge on any atom is -0.478 e. The number of aryl methyl sites for hydroxylation is 1. The maximum atomic E-state index is 14.7. The van der Waals surface area contributed by atoms with E-state index in [1.807, 2.05) is 12.1 Å². The largest absolute Gasteiger partial charge is 0.478 e. The molecule has 1 aliphatic carbocycles. The van der Waals surface area contributed by atoms with E-state index in [1.165, 1.54) is 0 Å². The lowest BCUT2D eigenvalue weighted by atomic mass is 10.1. The Labute approximate surface area is 116 Å². The molecule has 0 spiro atoms. The Bertz CT molecular complexity index is 699. The van der Waals surface area contributed by atoms with Gasteiger partial charge in [0.05, 0.1) is 11.3 Å². The minimum atomic E-state index is -0.983. The molecule has 20 heavy (non-hydrogen) atoms. The summed E-state index contributed by atoms with van der Waals surface area (Å²) in [6.45, 7) is 3.50. The van der Waals surface area contributed by atoms with E-state index < -0.39 is 5.97 Å². The van der Waals surface area contributed by atoms with Gasteiger partial charge in [0, 0.05) is 11.4 Å². The molecule has 3 nitrogen and oxygen atoms in total. The van der Waals surface area contributed by atoms with E-state index >= 15 is 0 Å². The Hall–Kier alpha value is -2.10. The summed E-state index contributed by atoms with van der Waals surface area (Å²) in [6.07, 6.45) is 2.06. The molecule has 1 fully saturated rings. The van der Waals surface area contributed by atoms with Crippen LogP contribution in [0.25, 0.3) is 5.69 Å². The van der Waals surface area contributed by atoms with Crippen molar-refractivity contribution in [3.05, 3.63) is 52.6 Å². The standard InChI is InChI=1S/C16H16FNO2/c1-9-8-13(16(19)20)10(2)18(9)14-5-3-4-12(15(14)17)11-6-7-11/h3-5,8,11H,6-7H2,1-2H3,(H,19,20). The van der Waals surface area contributed by atoms with Crippen molar-refractivity contribution in [3.8, 4) is 5.69 Å². The molecular weight excluding hydrogens is 257 g/mol. The second-order valence-corrected chi connectivity index (χ2v) is 5.38. The zero-order valence-corrected chi connectivity index (χ0v) is 11.5. The molecule has 0 aliphatic heterocycles. The van der Waals surface area contributed by atoms with Gasteiger partial charge in [-0.3, -0.25) is 0 Å². The Morgan fingerprint density at radius 3 is 2.60 bits per heavy atom. The summed E-state index contributed by atoms with van der Waals surface area (Å²) in [6, 6.07) is 6.95. The van der Waals surface area contributed by atoms with Crippen molar-refractivity contribution in [1.82, 2.24) is 4.57 Å². The van der Waals surface area contributed by atoms with Crippen molar-refractivity contribution in [3.63, 3.8) is 0 Å². The number of halogens is 1. The molecule has 1 aliphatic rings. The highest BCUT2D eigenvalue weighted by Crippen LogP contribution is 2.42. The quantitative estimate of drug-likeness (QED) is 0.924. The molecule has 0 unspecified atom stereocenters. The predicted molar refractivity (Wildman–Crippen MR) is 74.1 cm³/mol. The fourth-order valence-electron chi connectivity index (χ4n) is 2.77. The smallest absolute Gasteiger partial charge is 0.337 e. The Kier molecular flexibility index (Phi) is 2.89. The van der Waals surface area contributed by atoms with Crippen LogP contribution in [0.5, 0.6) is 0 Å². The highest BCUT2D eigenvalue weighted by molar-refractivity contribution is 5.89. The van der Waals surface area contributed by atoms with Crippen LogP contribution in [0.15, 0.2) is 24.3 Å². The second-order valence-electron chi connectivity index (χ2n) is 5.38. The molecule has 0 atom stereocenters. The molecule has 1 aromatic heterocycles. The summed E-state index contributed by atoms with van der Waals surface area (Å²) in [7, 11) is 0. The van der Waals surface area contributed by atoms with Crippen LogP contribution in [0.1, 0.15) is 46.1 Å². The van der Waals surface area contributed by atoms with Gasteiger partial charge in [0.1, 0.15) is 0 Å². The SMILES string of the molecule is Cc1cc(C(=O)O)c(C)n1-c1cccc(C2CC2)c1F. The van der Waals surface area contributed by atoms with Crippen molar-refractivity contribution in [2.24, 2.45) is 0 Å². The van der Waals surface area contributed by atoms with Gasteiger partial charge in [-0.1, -0.05) is 12.1 Å². The van der Waals surface area contributed by atoms with Crippen molar-refractivity contribution >= 4 is 5.97 Å². The minimum absolute atomic E-state index is 0.221. The number of carboxylic acid groups (broad SMARTS) is 1. The summed E-state index contributed by atoms with van der Waals surface area (Å²) < 4.78 is 16.3. The summed E-state index contributed by atoms with van der Waals surface area (Å²) >= 11 is 0. The summed E-state index contributed by atoms with van der Waals surface area (Å²) in [5.41, 5.74) is 2.69. The van der Waals surface area contributed by atoms with E-state index in [0.29, 0.717) is 17.3 Å². The third-order valence-corrected chi connectivity index (χ3v) is 3.93. The van der Waals surface area contributed by atoms with Crippen molar-refractivity contribution in [1.29, 1.82) is 0 Å². The number of benzene rings is 1. The summed E-state index contributed by atoms with van der Waals surface area (Å²) in [4.78, 5) is 11.2. The monoisotopic (exact) mass is 273 g/mol. The molecule has 2 aromatic rings. The second kappa shape index (κ2) is 4.47. The number of aromatic nitrogens is 1. The lowest BCUT2D eigenvalue weighted by molar-refractivity contribution is 0.0696. The van der Waals surface area contributed by atoms with Crippen LogP contribution >= 0.6 is 0 Å². The maximum absolute atomic E-state index is 14.7. The average Bonchev–Trinajstić information content (AvgIpc) is 3.17. The molecule has 104 valence electrons. The molecule has 1 saturated carbocycles. The predicted octanol–water partition coefficient (Wildman–Crippen LogP) is 3.81. The number of hydrogen-bond donors (Lipinski definition) is 1. The van der Waals surface area contributed by atoms with Crippen LogP contribution in [0.3, 0.4) is 0 Å². The Morgan fingerprint density at radius 2 is 2.05 bits per heavy atom. The van der Waals surface area contributed by atoms with Gasteiger partial charge < -0.3 is 9.67 Å². The number of rotatable bonds is 3. The van der Waals surface area contributed by atoms with Crippen molar-refractivity contribution < 1.29 is 14.3 Å². The highest BCUT2D eigenvalue weighted by atomic mass is 19.1. The van der Waals surface area contributed by atoms with E-state index in [-0.39, 0.29) is 11.4 Å². The van der Waals surface area contributed by atoms with Gasteiger partial charge in [-0.05, 0) is 50.3 Å². The molecule has 1 N–H and O–H groups in total. The van der Waals surface area contributed by atoms with Crippen molar-refractivity contribution in [2.75, 3.05) is 0 Å². The molecule has 3 rings (SSSR count). The van der Waals surface area contributed by atoms with Gasteiger partial charge in [0.15, 0.2) is 5.82 Å². The van der Waals surface area contributed by atoms with Gasteiger partial charge in [-0.2, -0.15) is 0 Å². The number of carboxylic acids is 1. The van der Waals surface area contributed by atoms with Crippen molar-refractivity contribution in [2.45, 2.75) is 32.6 Å². The summed E-state index contributed by atoms with van der Waals surface area (Å²) in [5.74, 6) is -0.887. The molecular formula is C16H16FNO2. The fourth-order valence-corrected chi connectivity index (χ4v) is 2.77. The Balaban J connectivity index is 2.19. The van der Waals surface area contributed by atoms with Gasteiger partial charge in [-0.15, -0.1) is 0 Å². The zero-order valence-electron chi connectivity index (χ0n) is 11.5. The molecule has 1 aromatic carbocycles. The van der Waals surface area contributed by atoms with E-state index in [0.717, 1.165) is 24.1 Å². The molecule has 1 heterocycles. The van der Waals surface area contributed by atoms with E-state index in [4.69, 9.17) is 5.11 Å². The summed E-state index contributed by atoms with van der Waals surface area (Å²) in [5, 5.41) is 9.17. The number of hydrogen-bond acceptors (Lipinski definition) is 1. The lowest BCUT2D eigenvalue weighted by Gasteiger charge is -2.13. The first-order valence-electron chi connectivity index (χ1n) is 6.71. The van der Waals surface area contributed by atoms with Crippen LogP contribution in [0.2, 0.25) is 0 Å². The molecule has 0 saturated heterocycles. The Morgan fingerprint density at radius 1 is 1.35 bits per heavy atom. The third-order valence-electron chi connectivity index (χ3n) is 3.93. The zero-order chi connectivity index (χ0) is 14.4.